The molecule has 92 valence electrons. The average molecular weight is 231 g/mol. The first-order valence-electron chi connectivity index (χ1n) is 6.64. The second kappa shape index (κ2) is 5.97. The van der Waals surface area contributed by atoms with Crippen molar-refractivity contribution in [3.63, 3.8) is 0 Å². The fourth-order valence-electron chi connectivity index (χ4n) is 2.70. The first-order chi connectivity index (χ1) is 8.31. The van der Waals surface area contributed by atoms with E-state index in [1.165, 1.54) is 44.1 Å². The summed E-state index contributed by atoms with van der Waals surface area (Å²) >= 11 is 0. The van der Waals surface area contributed by atoms with Gasteiger partial charge in [0.15, 0.2) is 5.78 Å². The molecule has 0 saturated heterocycles. The van der Waals surface area contributed by atoms with Crippen molar-refractivity contribution in [2.75, 3.05) is 6.54 Å². The van der Waals surface area contributed by atoms with Crippen LogP contribution in [0, 0.1) is 0 Å². The van der Waals surface area contributed by atoms with E-state index in [4.69, 9.17) is 5.73 Å². The Hall–Kier alpha value is -1.15. The van der Waals surface area contributed by atoms with Crippen molar-refractivity contribution in [3.8, 4) is 0 Å². The van der Waals surface area contributed by atoms with E-state index in [2.05, 4.69) is 6.07 Å². The van der Waals surface area contributed by atoms with Gasteiger partial charge >= 0.3 is 0 Å². The summed E-state index contributed by atoms with van der Waals surface area (Å²) < 4.78 is 0. The van der Waals surface area contributed by atoms with E-state index in [1.807, 2.05) is 18.2 Å². The van der Waals surface area contributed by atoms with Gasteiger partial charge in [0.25, 0.3) is 0 Å². The van der Waals surface area contributed by atoms with Crippen LogP contribution in [0.2, 0.25) is 0 Å². The molecular weight excluding hydrogens is 210 g/mol. The van der Waals surface area contributed by atoms with Crippen LogP contribution in [-0.4, -0.2) is 12.3 Å². The number of rotatable bonds is 3. The Balaban J connectivity index is 2.16. The van der Waals surface area contributed by atoms with Crippen molar-refractivity contribution in [1.29, 1.82) is 0 Å². The minimum absolute atomic E-state index is 0.0421. The van der Waals surface area contributed by atoms with E-state index in [0.717, 1.165) is 5.56 Å². The maximum Gasteiger partial charge on any atom is 0.176 e. The lowest BCUT2D eigenvalue weighted by Crippen LogP contribution is -2.14. The fourth-order valence-corrected chi connectivity index (χ4v) is 2.70. The molecule has 0 unspecified atom stereocenters. The highest BCUT2D eigenvalue weighted by Gasteiger charge is 2.15. The maximum atomic E-state index is 11.6. The summed E-state index contributed by atoms with van der Waals surface area (Å²) in [5, 5.41) is 0. The lowest BCUT2D eigenvalue weighted by Gasteiger charge is -2.15. The molecule has 2 heteroatoms. The lowest BCUT2D eigenvalue weighted by atomic mass is 9.90. The molecule has 2 N–H and O–H groups in total. The van der Waals surface area contributed by atoms with E-state index >= 15 is 0 Å². The molecule has 0 heterocycles. The summed E-state index contributed by atoms with van der Waals surface area (Å²) in [4.78, 5) is 11.6. The third kappa shape index (κ3) is 3.16. The number of benzene rings is 1. The Morgan fingerprint density at radius 2 is 1.88 bits per heavy atom. The van der Waals surface area contributed by atoms with Gasteiger partial charge in [0.05, 0.1) is 6.54 Å². The Kier molecular flexibility index (Phi) is 4.32. The van der Waals surface area contributed by atoms with Gasteiger partial charge in [-0.3, -0.25) is 4.79 Å². The maximum absolute atomic E-state index is 11.6. The predicted octanol–water partition coefficient (Wildman–Crippen LogP) is 3.27. The van der Waals surface area contributed by atoms with Crippen LogP contribution in [0.15, 0.2) is 24.3 Å². The van der Waals surface area contributed by atoms with Crippen LogP contribution in [-0.2, 0) is 0 Å². The van der Waals surface area contributed by atoms with Gasteiger partial charge in [-0.25, -0.2) is 0 Å². The molecule has 0 radical (unpaired) electrons. The summed E-state index contributed by atoms with van der Waals surface area (Å²) in [5.41, 5.74) is 7.51. The highest BCUT2D eigenvalue weighted by atomic mass is 16.1. The normalized spacial score (nSPS) is 17.7. The molecule has 0 bridgehead atoms. The molecule has 2 nitrogen and oxygen atoms in total. The summed E-state index contributed by atoms with van der Waals surface area (Å²) in [6.45, 7) is 0.105. The molecule has 1 aliphatic rings. The van der Waals surface area contributed by atoms with E-state index in [9.17, 15) is 4.79 Å². The van der Waals surface area contributed by atoms with E-state index in [1.54, 1.807) is 0 Å². The number of carbonyl (C=O) groups excluding carboxylic acids is 1. The SMILES string of the molecule is NCC(=O)c1cccc(C2CCCCCC2)c1. The Labute approximate surface area is 103 Å². The van der Waals surface area contributed by atoms with Crippen molar-refractivity contribution in [3.05, 3.63) is 35.4 Å². The monoisotopic (exact) mass is 231 g/mol. The highest BCUT2D eigenvalue weighted by Crippen LogP contribution is 2.31. The molecule has 1 fully saturated rings. The quantitative estimate of drug-likeness (QED) is 0.641. The van der Waals surface area contributed by atoms with Crippen LogP contribution in [0.5, 0.6) is 0 Å². The molecule has 1 aromatic rings. The molecular formula is C15H21NO. The smallest absolute Gasteiger partial charge is 0.176 e. The van der Waals surface area contributed by atoms with Gasteiger partial charge in [0, 0.05) is 5.56 Å². The molecule has 2 rings (SSSR count). The first kappa shape index (κ1) is 12.3. The van der Waals surface area contributed by atoms with Crippen LogP contribution in [0.25, 0.3) is 0 Å². The van der Waals surface area contributed by atoms with Crippen LogP contribution in [0.1, 0.15) is 60.4 Å². The fraction of sp³-hybridized carbons (Fsp3) is 0.533. The molecule has 0 amide bonds. The molecule has 1 aliphatic carbocycles. The number of ketones is 1. The molecule has 1 saturated carbocycles. The number of Topliss-reactive ketones (excluding diaryl/α,β-unsaturated/α-hetero) is 1. The zero-order valence-corrected chi connectivity index (χ0v) is 10.3. The largest absolute Gasteiger partial charge is 0.324 e. The second-order valence-electron chi connectivity index (χ2n) is 4.94. The van der Waals surface area contributed by atoms with Crippen LogP contribution >= 0.6 is 0 Å². The van der Waals surface area contributed by atoms with Gasteiger partial charge in [-0.05, 0) is 30.4 Å². The summed E-state index contributed by atoms with van der Waals surface area (Å²) in [5.74, 6) is 0.684. The standard InChI is InChI=1S/C15H21NO/c16-11-15(17)14-9-5-8-13(10-14)12-6-3-1-2-4-7-12/h5,8-10,12H,1-4,6-7,11,16H2. The van der Waals surface area contributed by atoms with Gasteiger partial charge in [-0.15, -0.1) is 0 Å². The van der Waals surface area contributed by atoms with Gasteiger partial charge < -0.3 is 5.73 Å². The summed E-state index contributed by atoms with van der Waals surface area (Å²) in [6, 6.07) is 8.06. The Morgan fingerprint density at radius 1 is 1.18 bits per heavy atom. The number of hydrogen-bond acceptors (Lipinski definition) is 2. The average Bonchev–Trinajstić information content (AvgIpc) is 2.67. The number of hydrogen-bond donors (Lipinski definition) is 1. The van der Waals surface area contributed by atoms with Crippen LogP contribution in [0.3, 0.4) is 0 Å². The predicted molar refractivity (Wildman–Crippen MR) is 70.3 cm³/mol. The van der Waals surface area contributed by atoms with E-state index in [-0.39, 0.29) is 12.3 Å². The van der Waals surface area contributed by atoms with Crippen LogP contribution in [0.4, 0.5) is 0 Å². The number of nitrogens with two attached hydrogens (primary N) is 1. The minimum Gasteiger partial charge on any atom is -0.324 e. The molecule has 0 atom stereocenters. The topological polar surface area (TPSA) is 43.1 Å². The van der Waals surface area contributed by atoms with E-state index < -0.39 is 0 Å². The first-order valence-corrected chi connectivity index (χ1v) is 6.64. The van der Waals surface area contributed by atoms with Gasteiger partial charge in [-0.1, -0.05) is 43.9 Å². The minimum atomic E-state index is 0.0421. The highest BCUT2D eigenvalue weighted by molar-refractivity contribution is 5.97. The third-order valence-electron chi connectivity index (χ3n) is 3.72. The molecule has 0 aliphatic heterocycles. The molecule has 0 aromatic heterocycles. The van der Waals surface area contributed by atoms with Crippen molar-refractivity contribution in [2.45, 2.75) is 44.4 Å². The summed E-state index contributed by atoms with van der Waals surface area (Å²) in [6.07, 6.45) is 7.88. The van der Waals surface area contributed by atoms with Crippen molar-refractivity contribution >= 4 is 5.78 Å². The zero-order valence-electron chi connectivity index (χ0n) is 10.3. The van der Waals surface area contributed by atoms with Gasteiger partial charge in [-0.2, -0.15) is 0 Å². The summed E-state index contributed by atoms with van der Waals surface area (Å²) in [7, 11) is 0. The second-order valence-corrected chi connectivity index (χ2v) is 4.94. The van der Waals surface area contributed by atoms with E-state index in [0.29, 0.717) is 5.92 Å². The van der Waals surface area contributed by atoms with Crippen molar-refractivity contribution in [1.82, 2.24) is 0 Å². The lowest BCUT2D eigenvalue weighted by molar-refractivity contribution is 0.100. The molecule has 1 aromatic carbocycles. The third-order valence-corrected chi connectivity index (χ3v) is 3.72. The van der Waals surface area contributed by atoms with Crippen molar-refractivity contribution in [2.24, 2.45) is 5.73 Å². The molecule has 0 spiro atoms. The van der Waals surface area contributed by atoms with Crippen LogP contribution < -0.4 is 5.73 Å². The molecule has 17 heavy (non-hydrogen) atoms. The Bertz CT molecular complexity index is 378. The Morgan fingerprint density at radius 3 is 2.53 bits per heavy atom. The van der Waals surface area contributed by atoms with Gasteiger partial charge in [0.2, 0.25) is 0 Å². The number of carbonyl (C=O) groups is 1. The van der Waals surface area contributed by atoms with Gasteiger partial charge in [0.1, 0.15) is 0 Å². The van der Waals surface area contributed by atoms with Crippen molar-refractivity contribution < 1.29 is 4.79 Å². The zero-order chi connectivity index (χ0) is 12.1.